The van der Waals surface area contributed by atoms with Crippen LogP contribution in [0.25, 0.3) is 10.9 Å². The van der Waals surface area contributed by atoms with Crippen LogP contribution in [0.15, 0.2) is 82.0 Å². The van der Waals surface area contributed by atoms with Crippen molar-refractivity contribution in [3.05, 3.63) is 88.5 Å². The number of nitrogens with one attached hydrogen (secondary N) is 1. The molecule has 2 aliphatic rings. The van der Waals surface area contributed by atoms with Crippen molar-refractivity contribution in [2.75, 3.05) is 18.6 Å². The minimum absolute atomic E-state index is 0.0206. The van der Waals surface area contributed by atoms with Gasteiger partial charge in [0, 0.05) is 41.1 Å². The number of hydrogen-bond donors (Lipinski definition) is 5. The predicted octanol–water partition coefficient (Wildman–Crippen LogP) is 1.31. The highest BCUT2D eigenvalue weighted by molar-refractivity contribution is 8.00. The molecule has 3 aromatic heterocycles. The fourth-order valence-electron chi connectivity index (χ4n) is 5.59. The van der Waals surface area contributed by atoms with Gasteiger partial charge in [0.2, 0.25) is 5.60 Å². The Balaban J connectivity index is 1.17. The average Bonchev–Trinajstić information content (AvgIpc) is 3.72. The molecule has 0 unspecified atom stereocenters. The van der Waals surface area contributed by atoms with Crippen molar-refractivity contribution in [2.24, 2.45) is 16.0 Å². The number of fused-ring (bicyclic) bond motifs is 2. The molecule has 6 rings (SSSR count). The maximum atomic E-state index is 13.4. The summed E-state index contributed by atoms with van der Waals surface area (Å²) in [5, 5.41) is 31.5. The van der Waals surface area contributed by atoms with Gasteiger partial charge in [-0.3, -0.25) is 14.5 Å². The third-order valence-electron chi connectivity index (χ3n) is 8.33. The van der Waals surface area contributed by atoms with Crippen molar-refractivity contribution in [1.29, 1.82) is 0 Å². The second-order valence-corrected chi connectivity index (χ2v) is 14.3. The molecule has 0 spiro atoms. The van der Waals surface area contributed by atoms with Crippen LogP contribution in [-0.2, 0) is 41.9 Å². The molecular formula is C33H34N9O8S2+. The summed E-state index contributed by atoms with van der Waals surface area (Å²) in [6.45, 7) is 3.32. The first-order valence-electron chi connectivity index (χ1n) is 15.6. The average molecular weight is 749 g/mol. The highest BCUT2D eigenvalue weighted by Gasteiger charge is 2.55. The molecule has 0 radical (unpaired) electrons. The van der Waals surface area contributed by atoms with Crippen molar-refractivity contribution in [2.45, 2.75) is 44.0 Å². The molecule has 0 aliphatic carbocycles. The van der Waals surface area contributed by atoms with E-state index >= 15 is 0 Å². The van der Waals surface area contributed by atoms with Crippen LogP contribution in [0.5, 0.6) is 0 Å². The van der Waals surface area contributed by atoms with Gasteiger partial charge < -0.3 is 41.2 Å². The number of anilines is 1. The number of carboxylic acids is 2. The van der Waals surface area contributed by atoms with Crippen LogP contribution in [0, 0.1) is 0 Å². The number of rotatable bonds is 13. The molecule has 17 nitrogen and oxygen atoms in total. The first-order chi connectivity index (χ1) is 24.8. The summed E-state index contributed by atoms with van der Waals surface area (Å²) < 4.78 is 3.96. The van der Waals surface area contributed by atoms with E-state index in [0.29, 0.717) is 12.1 Å². The van der Waals surface area contributed by atoms with Crippen LogP contribution < -0.4 is 21.4 Å². The van der Waals surface area contributed by atoms with E-state index in [1.165, 1.54) is 43.0 Å². The Hall–Kier alpha value is -5.95. The summed E-state index contributed by atoms with van der Waals surface area (Å²) in [5.41, 5.74) is 12.6. The van der Waals surface area contributed by atoms with E-state index < -0.39 is 40.8 Å². The largest absolute Gasteiger partial charge is 0.478 e. The topological polar surface area (TPSA) is 241 Å². The van der Waals surface area contributed by atoms with Crippen LogP contribution in [0.3, 0.4) is 0 Å². The fraction of sp³-hybridized carbons (Fsp3) is 0.273. The maximum Gasteiger partial charge on any atom is 0.352 e. The first-order valence-corrected chi connectivity index (χ1v) is 17.6. The molecule has 4 aromatic rings. The Morgan fingerprint density at radius 2 is 1.90 bits per heavy atom. The van der Waals surface area contributed by atoms with Crippen molar-refractivity contribution >= 4 is 74.4 Å². The second kappa shape index (κ2) is 14.3. The molecule has 5 heterocycles. The number of pyridine rings is 1. The van der Waals surface area contributed by atoms with E-state index in [9.17, 15) is 29.4 Å². The molecule has 2 aliphatic heterocycles. The number of oxime groups is 2. The molecule has 1 saturated heterocycles. The third kappa shape index (κ3) is 7.12. The molecule has 1 aromatic carbocycles. The minimum atomic E-state index is -1.77. The van der Waals surface area contributed by atoms with Gasteiger partial charge in [-0.15, -0.1) is 23.1 Å². The number of β-lactam (4-membered cyclic amide) rings is 1. The van der Waals surface area contributed by atoms with Gasteiger partial charge in [-0.25, -0.2) is 19.1 Å². The normalized spacial score (nSPS) is 17.8. The lowest BCUT2D eigenvalue weighted by atomic mass is 10.0. The van der Waals surface area contributed by atoms with E-state index in [0.717, 1.165) is 33.4 Å². The Labute approximate surface area is 304 Å². The summed E-state index contributed by atoms with van der Waals surface area (Å²) in [4.78, 5) is 66.0. The number of amides is 2. The van der Waals surface area contributed by atoms with Crippen molar-refractivity contribution in [1.82, 2.24) is 19.8 Å². The molecule has 0 saturated carbocycles. The SMILES string of the molecule is CO/N=C(\N)c1ccc(Cn2ccc3c[n+](CC4=C(C(=O)O)N5C(=O)[C@@H](NC(=O)/C(=N\OC(C)(C)C(=O)O)c6csc(N)n6)[C@H]5SC4)ccc32)cc1. The van der Waals surface area contributed by atoms with E-state index in [4.69, 9.17) is 21.1 Å². The zero-order chi connectivity index (χ0) is 37.3. The zero-order valence-electron chi connectivity index (χ0n) is 28.0. The van der Waals surface area contributed by atoms with Crippen LogP contribution >= 0.6 is 23.1 Å². The van der Waals surface area contributed by atoms with E-state index in [2.05, 4.69) is 25.2 Å². The maximum absolute atomic E-state index is 13.4. The van der Waals surface area contributed by atoms with Crippen molar-refractivity contribution in [3.8, 4) is 0 Å². The molecule has 7 N–H and O–H groups in total. The van der Waals surface area contributed by atoms with Gasteiger partial charge in [-0.05, 0) is 25.5 Å². The number of aromatic nitrogens is 3. The quantitative estimate of drug-likeness (QED) is 0.0428. The number of nitrogen functional groups attached to an aromatic ring is 1. The van der Waals surface area contributed by atoms with Gasteiger partial charge in [0.25, 0.3) is 11.8 Å². The minimum Gasteiger partial charge on any atom is -0.478 e. The van der Waals surface area contributed by atoms with Gasteiger partial charge in [-0.1, -0.05) is 34.6 Å². The van der Waals surface area contributed by atoms with E-state index in [1.807, 2.05) is 59.6 Å². The summed E-state index contributed by atoms with van der Waals surface area (Å²) in [6, 6.07) is 10.5. The Kier molecular flexibility index (Phi) is 9.90. The monoisotopic (exact) mass is 748 g/mol. The number of benzene rings is 1. The summed E-state index contributed by atoms with van der Waals surface area (Å²) in [6.07, 6.45) is 5.74. The molecule has 52 heavy (non-hydrogen) atoms. The van der Waals surface area contributed by atoms with Gasteiger partial charge >= 0.3 is 11.9 Å². The number of nitrogens with two attached hydrogens (primary N) is 2. The number of aliphatic carboxylic acids is 2. The van der Waals surface area contributed by atoms with Gasteiger partial charge in [0.15, 0.2) is 35.6 Å². The summed E-state index contributed by atoms with van der Waals surface area (Å²) >= 11 is 2.34. The number of carbonyl (C=O) groups excluding carboxylic acids is 2. The lowest BCUT2D eigenvalue weighted by molar-refractivity contribution is -0.687. The third-order valence-corrected chi connectivity index (χ3v) is 10.3. The number of nitrogens with zero attached hydrogens (tertiary/aromatic N) is 6. The van der Waals surface area contributed by atoms with Gasteiger partial charge in [0.05, 0.1) is 10.9 Å². The first kappa shape index (κ1) is 35.9. The molecule has 0 bridgehead atoms. The van der Waals surface area contributed by atoms with Crippen molar-refractivity contribution < 1.29 is 43.6 Å². The number of thiazole rings is 1. The second-order valence-electron chi connectivity index (χ2n) is 12.3. The molecule has 1 fully saturated rings. The zero-order valence-corrected chi connectivity index (χ0v) is 29.7. The Bertz CT molecular complexity index is 2170. The van der Waals surface area contributed by atoms with Crippen molar-refractivity contribution in [3.63, 3.8) is 0 Å². The summed E-state index contributed by atoms with van der Waals surface area (Å²) in [7, 11) is 1.43. The molecule has 270 valence electrons. The lowest BCUT2D eigenvalue weighted by Crippen LogP contribution is -2.71. The number of thioether (sulfide) groups is 1. The van der Waals surface area contributed by atoms with Gasteiger partial charge in [0.1, 0.15) is 29.9 Å². The lowest BCUT2D eigenvalue weighted by Gasteiger charge is -2.49. The van der Waals surface area contributed by atoms with E-state index in [1.54, 1.807) is 0 Å². The predicted molar refractivity (Wildman–Crippen MR) is 191 cm³/mol. The number of amidine groups is 1. The Morgan fingerprint density at radius 3 is 2.56 bits per heavy atom. The summed E-state index contributed by atoms with van der Waals surface area (Å²) in [5.74, 6) is -3.51. The standard InChI is InChI=1S/C33H33N9O8S2/c1-33(2,31(47)48)50-38-23(21-16-52-32(35)36-21)27(43)37-24-28(44)42-25(30(45)46)20(15-51-29(24)42)14-40-10-9-22-19(13-40)8-11-41(22)12-17-4-6-18(7-5-17)26(34)39-49-3/h4-11,13,16,24,29H,12,14-15H2,1-3H3,(H6-,34,35,36,37,39,43,45,46,47,48)/p+1/b38-23-/t24-,29-/m1/s1. The van der Waals surface area contributed by atoms with E-state index in [-0.39, 0.29) is 40.4 Å². The van der Waals surface area contributed by atoms with Crippen LogP contribution in [0.2, 0.25) is 0 Å². The number of carbonyl (C=O) groups is 4. The molecule has 19 heteroatoms. The van der Waals surface area contributed by atoms with Crippen LogP contribution in [-0.4, -0.2) is 89.8 Å². The fourth-order valence-corrected chi connectivity index (χ4v) is 7.47. The molecular weight excluding hydrogens is 715 g/mol. The highest BCUT2D eigenvalue weighted by Crippen LogP contribution is 2.40. The highest BCUT2D eigenvalue weighted by atomic mass is 32.2. The molecule has 2 atom stereocenters. The smallest absolute Gasteiger partial charge is 0.352 e. The van der Waals surface area contributed by atoms with Crippen LogP contribution in [0.1, 0.15) is 30.7 Å². The Morgan fingerprint density at radius 1 is 1.15 bits per heavy atom. The number of carboxylic acid groups (broad SMARTS) is 2. The van der Waals surface area contributed by atoms with Gasteiger partial charge in [-0.2, -0.15) is 0 Å². The molecule has 2 amide bonds. The van der Waals surface area contributed by atoms with Crippen LogP contribution in [0.4, 0.5) is 5.13 Å². The number of hydrogen-bond acceptors (Lipinski definition) is 12.